The number of halogens is 1. The molecule has 0 radical (unpaired) electrons. The lowest BCUT2D eigenvalue weighted by molar-refractivity contribution is 0.0996. The summed E-state index contributed by atoms with van der Waals surface area (Å²) in [6.07, 6.45) is 6.49. The number of rotatable bonds is 6. The Morgan fingerprint density at radius 2 is 1.82 bits per heavy atom. The quantitative estimate of drug-likeness (QED) is 0.741. The van der Waals surface area contributed by atoms with Crippen molar-refractivity contribution in [1.29, 1.82) is 0 Å². The minimum atomic E-state index is -2.81. The van der Waals surface area contributed by atoms with E-state index in [-0.39, 0.29) is 23.3 Å². The Kier molecular flexibility index (Phi) is 6.42. The van der Waals surface area contributed by atoms with Crippen LogP contribution in [0, 0.1) is 17.7 Å². The van der Waals surface area contributed by atoms with Crippen LogP contribution >= 0.6 is 0 Å². The highest BCUT2D eigenvalue weighted by Crippen LogP contribution is 2.35. The summed E-state index contributed by atoms with van der Waals surface area (Å²) in [7, 11) is -1.45. The van der Waals surface area contributed by atoms with Crippen LogP contribution in [0.3, 0.4) is 0 Å². The van der Waals surface area contributed by atoms with Gasteiger partial charge in [-0.1, -0.05) is 0 Å². The van der Waals surface area contributed by atoms with Crippen molar-refractivity contribution in [2.45, 2.75) is 51.0 Å². The highest BCUT2D eigenvalue weighted by Gasteiger charge is 2.29. The fraction of sp³-hybridized carbons (Fsp3) is 0.684. The average Bonchev–Trinajstić information content (AvgIpc) is 2.66. The van der Waals surface area contributed by atoms with Gasteiger partial charge in [0.05, 0.1) is 18.6 Å². The summed E-state index contributed by atoms with van der Waals surface area (Å²) >= 11 is 0. The Labute approximate surface area is 165 Å². The van der Waals surface area contributed by atoms with Gasteiger partial charge in [-0.25, -0.2) is 12.8 Å². The van der Waals surface area contributed by atoms with Crippen molar-refractivity contribution in [2.24, 2.45) is 17.6 Å². The second-order valence-electron chi connectivity index (χ2n) is 7.93. The Hall–Kier alpha value is -1.90. The molecule has 1 amide bonds. The van der Waals surface area contributed by atoms with Gasteiger partial charge in [-0.3, -0.25) is 4.79 Å². The van der Waals surface area contributed by atoms with E-state index in [9.17, 15) is 17.6 Å². The number of primary amides is 1. The monoisotopic (exact) mass is 413 g/mol. The van der Waals surface area contributed by atoms with Gasteiger partial charge in [-0.2, -0.15) is 4.98 Å². The van der Waals surface area contributed by atoms with Crippen LogP contribution in [0.15, 0.2) is 6.07 Å². The molecule has 3 N–H and O–H groups in total. The summed E-state index contributed by atoms with van der Waals surface area (Å²) in [6.45, 7) is 0. The van der Waals surface area contributed by atoms with Gasteiger partial charge in [0.15, 0.2) is 11.6 Å². The molecule has 0 aromatic carbocycles. The third-order valence-corrected chi connectivity index (χ3v) is 7.64. The van der Waals surface area contributed by atoms with Gasteiger partial charge in [0.25, 0.3) is 5.91 Å². The Bertz CT molecular complexity index is 809. The zero-order valence-corrected chi connectivity index (χ0v) is 16.9. The molecular weight excluding hydrogens is 385 g/mol. The van der Waals surface area contributed by atoms with Crippen molar-refractivity contribution in [3.63, 3.8) is 0 Å². The maximum absolute atomic E-state index is 14.3. The normalized spacial score (nSPS) is 25.2. The smallest absolute Gasteiger partial charge is 0.254 e. The van der Waals surface area contributed by atoms with Crippen molar-refractivity contribution in [3.05, 3.63) is 17.4 Å². The molecule has 1 saturated heterocycles. The lowest BCUT2D eigenvalue weighted by atomic mass is 9.79. The van der Waals surface area contributed by atoms with Crippen molar-refractivity contribution in [2.75, 3.05) is 23.9 Å². The van der Waals surface area contributed by atoms with E-state index in [0.29, 0.717) is 23.3 Å². The fourth-order valence-corrected chi connectivity index (χ4v) is 5.88. The molecule has 0 bridgehead atoms. The number of anilines is 1. The lowest BCUT2D eigenvalue weighted by Gasteiger charge is -2.32. The average molecular weight is 414 g/mol. The molecule has 0 atom stereocenters. The Balaban J connectivity index is 1.52. The van der Waals surface area contributed by atoms with E-state index >= 15 is 0 Å². The van der Waals surface area contributed by atoms with Crippen molar-refractivity contribution in [1.82, 2.24) is 4.98 Å². The number of sulfone groups is 1. The van der Waals surface area contributed by atoms with Gasteiger partial charge in [-0.15, -0.1) is 0 Å². The zero-order chi connectivity index (χ0) is 20.3. The number of amides is 1. The predicted molar refractivity (Wildman–Crippen MR) is 105 cm³/mol. The number of carbonyl (C=O) groups is 1. The molecule has 1 aliphatic heterocycles. The van der Waals surface area contributed by atoms with E-state index in [0.717, 1.165) is 51.0 Å². The van der Waals surface area contributed by atoms with E-state index in [2.05, 4.69) is 10.3 Å². The summed E-state index contributed by atoms with van der Waals surface area (Å²) in [5.74, 6) is 0.410. The molecule has 2 fully saturated rings. The number of methoxy groups -OCH3 is 1. The van der Waals surface area contributed by atoms with Crippen LogP contribution in [-0.4, -0.2) is 44.0 Å². The van der Waals surface area contributed by atoms with Gasteiger partial charge >= 0.3 is 0 Å². The summed E-state index contributed by atoms with van der Waals surface area (Å²) in [4.78, 5) is 15.4. The Morgan fingerprint density at radius 3 is 2.39 bits per heavy atom. The fourth-order valence-electron chi connectivity index (χ4n) is 4.29. The summed E-state index contributed by atoms with van der Waals surface area (Å²) in [5.41, 5.74) is 5.14. The van der Waals surface area contributed by atoms with Crippen LogP contribution in [0.25, 0.3) is 0 Å². The highest BCUT2D eigenvalue weighted by atomic mass is 32.2. The van der Waals surface area contributed by atoms with Gasteiger partial charge in [-0.05, 0) is 62.8 Å². The minimum Gasteiger partial charge on any atom is -0.480 e. The molecule has 2 heterocycles. The van der Waals surface area contributed by atoms with Crippen LogP contribution in [0.4, 0.5) is 10.2 Å². The summed E-state index contributed by atoms with van der Waals surface area (Å²) in [6, 6.07) is 1.16. The standard InChI is InChI=1S/C19H28FN3O4S/c1-27-19-15(17(21)24)11-16(20)18(23-19)22-14-4-2-12(3-5-14)10-13-6-8-28(25,26)9-7-13/h11-14H,2-10H2,1H3,(H2,21,24)(H,22,23). The highest BCUT2D eigenvalue weighted by molar-refractivity contribution is 7.91. The lowest BCUT2D eigenvalue weighted by Crippen LogP contribution is -2.30. The Morgan fingerprint density at radius 1 is 1.21 bits per heavy atom. The number of hydrogen-bond donors (Lipinski definition) is 2. The molecule has 1 aromatic heterocycles. The van der Waals surface area contributed by atoms with Gasteiger partial charge in [0, 0.05) is 6.04 Å². The molecule has 7 nitrogen and oxygen atoms in total. The first-order valence-corrected chi connectivity index (χ1v) is 11.6. The van der Waals surface area contributed by atoms with Crippen LogP contribution in [-0.2, 0) is 9.84 Å². The third-order valence-electron chi connectivity index (χ3n) is 5.93. The number of nitrogens with two attached hydrogens (primary N) is 1. The molecule has 0 spiro atoms. The second kappa shape index (κ2) is 8.63. The molecule has 2 aliphatic rings. The molecule has 1 aliphatic carbocycles. The maximum atomic E-state index is 14.3. The van der Waals surface area contributed by atoms with Gasteiger partial charge in [0.1, 0.15) is 15.4 Å². The summed E-state index contributed by atoms with van der Waals surface area (Å²) in [5, 5.41) is 3.13. The van der Waals surface area contributed by atoms with E-state index in [4.69, 9.17) is 10.5 Å². The molecular formula is C19H28FN3O4S. The topological polar surface area (TPSA) is 111 Å². The third kappa shape index (κ3) is 5.12. The number of carbonyl (C=O) groups excluding carboxylic acids is 1. The van der Waals surface area contributed by atoms with Crippen LogP contribution < -0.4 is 15.8 Å². The minimum absolute atomic E-state index is 0.0114. The number of nitrogens with zero attached hydrogens (tertiary/aromatic N) is 1. The van der Waals surface area contributed by atoms with Crippen molar-refractivity contribution >= 4 is 21.6 Å². The van der Waals surface area contributed by atoms with Gasteiger partial charge < -0.3 is 15.8 Å². The number of pyridine rings is 1. The van der Waals surface area contributed by atoms with Crippen LogP contribution in [0.5, 0.6) is 5.88 Å². The number of nitrogens with one attached hydrogen (secondary N) is 1. The zero-order valence-electron chi connectivity index (χ0n) is 16.1. The summed E-state index contributed by atoms with van der Waals surface area (Å²) < 4.78 is 42.5. The first kappa shape index (κ1) is 20.8. The van der Waals surface area contributed by atoms with E-state index in [1.807, 2.05) is 0 Å². The van der Waals surface area contributed by atoms with Gasteiger partial charge in [0.2, 0.25) is 5.88 Å². The van der Waals surface area contributed by atoms with Crippen molar-refractivity contribution < 1.29 is 22.3 Å². The first-order chi connectivity index (χ1) is 13.3. The molecule has 9 heteroatoms. The van der Waals surface area contributed by atoms with Crippen LogP contribution in [0.2, 0.25) is 0 Å². The number of hydrogen-bond acceptors (Lipinski definition) is 6. The number of aromatic nitrogens is 1. The largest absolute Gasteiger partial charge is 0.480 e. The second-order valence-corrected chi connectivity index (χ2v) is 10.2. The van der Waals surface area contributed by atoms with E-state index in [1.54, 1.807) is 0 Å². The predicted octanol–water partition coefficient (Wildman–Crippen LogP) is 2.51. The van der Waals surface area contributed by atoms with E-state index in [1.165, 1.54) is 7.11 Å². The molecule has 1 aromatic rings. The molecule has 0 unspecified atom stereocenters. The molecule has 1 saturated carbocycles. The molecule has 3 rings (SSSR count). The number of ether oxygens (including phenoxy) is 1. The van der Waals surface area contributed by atoms with Crippen LogP contribution in [0.1, 0.15) is 55.3 Å². The first-order valence-electron chi connectivity index (χ1n) is 9.78. The van der Waals surface area contributed by atoms with E-state index < -0.39 is 21.6 Å². The molecule has 156 valence electrons. The van der Waals surface area contributed by atoms with Crippen molar-refractivity contribution in [3.8, 4) is 5.88 Å². The molecule has 28 heavy (non-hydrogen) atoms. The maximum Gasteiger partial charge on any atom is 0.254 e. The SMILES string of the molecule is COc1nc(NC2CCC(CC3CCS(=O)(=O)CC3)CC2)c(F)cc1C(N)=O.